The van der Waals surface area contributed by atoms with Crippen molar-refractivity contribution in [3.63, 3.8) is 0 Å². The molecule has 1 aliphatic rings. The number of nitrogens with one attached hydrogen (secondary N) is 1. The van der Waals surface area contributed by atoms with Crippen molar-refractivity contribution in [1.29, 1.82) is 0 Å². The molecule has 1 atom stereocenters. The van der Waals surface area contributed by atoms with E-state index in [2.05, 4.69) is 9.97 Å². The number of halogens is 2. The van der Waals surface area contributed by atoms with E-state index in [1.807, 2.05) is 19.9 Å². The van der Waals surface area contributed by atoms with E-state index in [0.29, 0.717) is 11.3 Å². The highest BCUT2D eigenvalue weighted by molar-refractivity contribution is 6.18. The molecule has 0 aliphatic carbocycles. The van der Waals surface area contributed by atoms with Crippen LogP contribution in [0.25, 0.3) is 16.6 Å². The predicted octanol–water partition coefficient (Wildman–Crippen LogP) is 3.54. The summed E-state index contributed by atoms with van der Waals surface area (Å²) >= 11 is 0. The zero-order valence-electron chi connectivity index (χ0n) is 18.4. The van der Waals surface area contributed by atoms with Crippen LogP contribution < -0.4 is 0 Å². The van der Waals surface area contributed by atoms with E-state index in [0.717, 1.165) is 23.1 Å². The standard InChI is InChI=1S/C24H23F2N3O4/c1-13(11-30)33-23(32)16-10-29(22(31)14-6-7-17(25)18(26)9-14)12-24(2,3)19-15-5-4-8-27-21(15)28-20(16)19/h4-10,13,30H,11-12H2,1-3H3,(H,27,28). The summed E-state index contributed by atoms with van der Waals surface area (Å²) in [5, 5.41) is 10.1. The number of H-pyrrole nitrogens is 1. The summed E-state index contributed by atoms with van der Waals surface area (Å²) in [7, 11) is 0. The molecule has 0 fully saturated rings. The summed E-state index contributed by atoms with van der Waals surface area (Å²) in [6.07, 6.45) is 2.20. The highest BCUT2D eigenvalue weighted by atomic mass is 19.2. The van der Waals surface area contributed by atoms with Gasteiger partial charge in [0.05, 0.1) is 17.9 Å². The van der Waals surface area contributed by atoms with Crippen molar-refractivity contribution in [2.45, 2.75) is 32.3 Å². The minimum absolute atomic E-state index is 0.0600. The van der Waals surface area contributed by atoms with Crippen LogP contribution in [0, 0.1) is 11.6 Å². The van der Waals surface area contributed by atoms with E-state index >= 15 is 0 Å². The number of pyridine rings is 1. The number of aliphatic hydroxyl groups excluding tert-OH is 1. The number of esters is 1. The molecule has 1 aliphatic heterocycles. The average molecular weight is 455 g/mol. The smallest absolute Gasteiger partial charge is 0.342 e. The lowest BCUT2D eigenvalue weighted by Crippen LogP contribution is -2.37. The van der Waals surface area contributed by atoms with E-state index < -0.39 is 35.0 Å². The molecule has 0 saturated heterocycles. The molecule has 0 radical (unpaired) electrons. The zero-order valence-corrected chi connectivity index (χ0v) is 18.4. The molecule has 3 heterocycles. The molecular formula is C24H23F2N3O4. The maximum absolute atomic E-state index is 13.8. The van der Waals surface area contributed by atoms with Crippen molar-refractivity contribution in [2.24, 2.45) is 0 Å². The monoisotopic (exact) mass is 455 g/mol. The molecule has 33 heavy (non-hydrogen) atoms. The molecule has 1 amide bonds. The number of aliphatic hydroxyl groups is 1. The number of aromatic nitrogens is 2. The fraction of sp³-hybridized carbons (Fsp3) is 0.292. The molecule has 0 spiro atoms. The SMILES string of the molecule is CC(CO)OC(=O)C1=CN(C(=O)c2ccc(F)c(F)c2)CC(C)(C)c2c1[nH]c1ncccc21. The third-order valence-corrected chi connectivity index (χ3v) is 5.58. The Morgan fingerprint density at radius 1 is 1.27 bits per heavy atom. The minimum atomic E-state index is -1.14. The largest absolute Gasteiger partial charge is 0.457 e. The highest BCUT2D eigenvalue weighted by Gasteiger charge is 2.38. The number of aromatic amines is 1. The Balaban J connectivity index is 1.88. The van der Waals surface area contributed by atoms with Gasteiger partial charge in [-0.05, 0) is 42.8 Å². The normalized spacial score (nSPS) is 16.1. The van der Waals surface area contributed by atoms with E-state index in [4.69, 9.17) is 4.74 Å². The Kier molecular flexibility index (Phi) is 5.75. The molecule has 0 bridgehead atoms. The van der Waals surface area contributed by atoms with Gasteiger partial charge >= 0.3 is 5.97 Å². The number of fused-ring (bicyclic) bond motifs is 3. The van der Waals surface area contributed by atoms with E-state index in [-0.39, 0.29) is 24.3 Å². The summed E-state index contributed by atoms with van der Waals surface area (Å²) < 4.78 is 32.5. The predicted molar refractivity (Wildman–Crippen MR) is 117 cm³/mol. The number of ether oxygens (including phenoxy) is 1. The average Bonchev–Trinajstić information content (AvgIpc) is 3.12. The van der Waals surface area contributed by atoms with Gasteiger partial charge in [0.15, 0.2) is 11.6 Å². The summed E-state index contributed by atoms with van der Waals surface area (Å²) in [5.74, 6) is -3.55. The second-order valence-corrected chi connectivity index (χ2v) is 8.66. The van der Waals surface area contributed by atoms with Crippen molar-refractivity contribution in [3.05, 3.63) is 71.2 Å². The minimum Gasteiger partial charge on any atom is -0.457 e. The zero-order chi connectivity index (χ0) is 23.9. The maximum Gasteiger partial charge on any atom is 0.342 e. The molecule has 9 heteroatoms. The molecule has 4 rings (SSSR count). The topological polar surface area (TPSA) is 95.5 Å². The van der Waals surface area contributed by atoms with Crippen LogP contribution in [0.1, 0.15) is 42.4 Å². The van der Waals surface area contributed by atoms with Crippen molar-refractivity contribution in [3.8, 4) is 0 Å². The number of nitrogens with zero attached hydrogens (tertiary/aromatic N) is 2. The molecular weight excluding hydrogens is 432 g/mol. The number of carbonyl (C=O) groups is 2. The first-order valence-corrected chi connectivity index (χ1v) is 10.4. The highest BCUT2D eigenvalue weighted by Crippen LogP contribution is 2.40. The fourth-order valence-corrected chi connectivity index (χ4v) is 4.06. The van der Waals surface area contributed by atoms with Crippen LogP contribution in [0.5, 0.6) is 0 Å². The second-order valence-electron chi connectivity index (χ2n) is 8.66. The quantitative estimate of drug-likeness (QED) is 0.587. The first kappa shape index (κ1) is 22.6. The Bertz CT molecular complexity index is 1280. The van der Waals surface area contributed by atoms with Crippen LogP contribution in [-0.4, -0.2) is 51.1 Å². The number of benzene rings is 1. The number of carbonyl (C=O) groups excluding carboxylic acids is 2. The number of rotatable bonds is 4. The van der Waals surface area contributed by atoms with Gasteiger partial charge in [0, 0.05) is 35.3 Å². The fourth-order valence-electron chi connectivity index (χ4n) is 4.06. The van der Waals surface area contributed by atoms with Crippen molar-refractivity contribution in [2.75, 3.05) is 13.2 Å². The Morgan fingerprint density at radius 3 is 2.73 bits per heavy atom. The molecule has 1 unspecified atom stereocenters. The Hall–Kier alpha value is -3.59. The molecule has 2 N–H and O–H groups in total. The van der Waals surface area contributed by atoms with Crippen molar-refractivity contribution >= 4 is 28.5 Å². The van der Waals surface area contributed by atoms with Gasteiger partial charge in [-0.25, -0.2) is 18.6 Å². The van der Waals surface area contributed by atoms with Gasteiger partial charge < -0.3 is 19.7 Å². The molecule has 2 aromatic heterocycles. The van der Waals surface area contributed by atoms with Crippen molar-refractivity contribution < 1.29 is 28.2 Å². The summed E-state index contributed by atoms with van der Waals surface area (Å²) in [4.78, 5) is 35.1. The first-order valence-electron chi connectivity index (χ1n) is 10.4. The summed E-state index contributed by atoms with van der Waals surface area (Å²) in [5.41, 5.74) is 1.13. The lowest BCUT2D eigenvalue weighted by molar-refractivity contribution is -0.142. The van der Waals surface area contributed by atoms with Crippen LogP contribution in [0.2, 0.25) is 0 Å². The van der Waals surface area contributed by atoms with E-state index in [9.17, 15) is 23.5 Å². The van der Waals surface area contributed by atoms with Crippen LogP contribution in [-0.2, 0) is 14.9 Å². The summed E-state index contributed by atoms with van der Waals surface area (Å²) in [6.45, 7) is 5.14. The number of hydrogen-bond acceptors (Lipinski definition) is 5. The van der Waals surface area contributed by atoms with Crippen LogP contribution >= 0.6 is 0 Å². The first-order chi connectivity index (χ1) is 15.6. The van der Waals surface area contributed by atoms with Gasteiger partial charge in [0.2, 0.25) is 0 Å². The van der Waals surface area contributed by atoms with Gasteiger partial charge in [0.1, 0.15) is 11.8 Å². The Morgan fingerprint density at radius 2 is 2.03 bits per heavy atom. The number of hydrogen-bond donors (Lipinski definition) is 2. The number of amides is 1. The van der Waals surface area contributed by atoms with Crippen LogP contribution in [0.3, 0.4) is 0 Å². The van der Waals surface area contributed by atoms with Crippen molar-refractivity contribution in [1.82, 2.24) is 14.9 Å². The molecule has 1 aromatic carbocycles. The van der Waals surface area contributed by atoms with E-state index in [1.54, 1.807) is 12.3 Å². The summed E-state index contributed by atoms with van der Waals surface area (Å²) in [6, 6.07) is 6.54. The van der Waals surface area contributed by atoms with Gasteiger partial charge in [-0.3, -0.25) is 4.79 Å². The molecule has 0 saturated carbocycles. The lowest BCUT2D eigenvalue weighted by Gasteiger charge is -2.29. The second kappa shape index (κ2) is 8.40. The van der Waals surface area contributed by atoms with Gasteiger partial charge in [-0.1, -0.05) is 13.8 Å². The van der Waals surface area contributed by atoms with E-state index in [1.165, 1.54) is 24.1 Å². The third kappa shape index (κ3) is 4.11. The van der Waals surface area contributed by atoms with Gasteiger partial charge in [-0.15, -0.1) is 0 Å². The van der Waals surface area contributed by atoms with Gasteiger partial charge in [0.25, 0.3) is 5.91 Å². The molecule has 7 nitrogen and oxygen atoms in total. The molecule has 172 valence electrons. The van der Waals surface area contributed by atoms with Crippen LogP contribution in [0.4, 0.5) is 8.78 Å². The molecule has 3 aromatic rings. The maximum atomic E-state index is 13.8. The van der Waals surface area contributed by atoms with Gasteiger partial charge in [-0.2, -0.15) is 0 Å². The Labute approximate surface area is 188 Å². The third-order valence-electron chi connectivity index (χ3n) is 5.58. The lowest BCUT2D eigenvalue weighted by atomic mass is 9.82. The van der Waals surface area contributed by atoms with Crippen LogP contribution in [0.15, 0.2) is 42.7 Å².